The average Bonchev–Trinajstić information content (AvgIpc) is 2.16. The second-order valence-electron chi connectivity index (χ2n) is 3.86. The van der Waals surface area contributed by atoms with Gasteiger partial charge in [0, 0.05) is 18.4 Å². The van der Waals surface area contributed by atoms with Gasteiger partial charge < -0.3 is 4.74 Å². The standard InChI is InChI=1S/C11H16O3/c1-8(2)11(13)14-7-9-3-5-10(12)6-4-9/h9H,1,3-7H2,2H3. The highest BCUT2D eigenvalue weighted by Crippen LogP contribution is 2.21. The fraction of sp³-hybridized carbons (Fsp3) is 0.636. The molecule has 0 unspecified atom stereocenters. The minimum atomic E-state index is -0.332. The monoisotopic (exact) mass is 196 g/mol. The third-order valence-electron chi connectivity index (χ3n) is 2.46. The molecule has 1 aliphatic rings. The number of carbonyl (C=O) groups excluding carboxylic acids is 2. The van der Waals surface area contributed by atoms with Crippen molar-refractivity contribution in [2.75, 3.05) is 6.61 Å². The van der Waals surface area contributed by atoms with Crippen molar-refractivity contribution in [3.05, 3.63) is 12.2 Å². The van der Waals surface area contributed by atoms with Crippen molar-refractivity contribution in [1.29, 1.82) is 0 Å². The van der Waals surface area contributed by atoms with E-state index in [-0.39, 0.29) is 5.97 Å². The van der Waals surface area contributed by atoms with Crippen LogP contribution in [0.4, 0.5) is 0 Å². The Kier molecular flexibility index (Phi) is 3.86. The molecule has 0 spiro atoms. The van der Waals surface area contributed by atoms with Gasteiger partial charge in [0.2, 0.25) is 0 Å². The third kappa shape index (κ3) is 3.32. The summed E-state index contributed by atoms with van der Waals surface area (Å²) in [6.07, 6.45) is 2.97. The molecule has 1 saturated carbocycles. The summed E-state index contributed by atoms with van der Waals surface area (Å²) in [5.74, 6) is 0.352. The quantitative estimate of drug-likeness (QED) is 0.511. The van der Waals surface area contributed by atoms with Crippen LogP contribution in [-0.2, 0) is 14.3 Å². The third-order valence-corrected chi connectivity index (χ3v) is 2.46. The van der Waals surface area contributed by atoms with Crippen LogP contribution in [-0.4, -0.2) is 18.4 Å². The first-order valence-electron chi connectivity index (χ1n) is 4.94. The van der Waals surface area contributed by atoms with Crippen LogP contribution in [0.5, 0.6) is 0 Å². The molecule has 3 nitrogen and oxygen atoms in total. The molecule has 1 rings (SSSR count). The van der Waals surface area contributed by atoms with Gasteiger partial charge in [-0.1, -0.05) is 6.58 Å². The Morgan fingerprint density at radius 2 is 2.07 bits per heavy atom. The van der Waals surface area contributed by atoms with E-state index in [4.69, 9.17) is 4.74 Å². The molecule has 0 saturated heterocycles. The molecule has 3 heteroatoms. The number of rotatable bonds is 3. The molecule has 0 aliphatic heterocycles. The highest BCUT2D eigenvalue weighted by atomic mass is 16.5. The van der Waals surface area contributed by atoms with E-state index in [1.54, 1.807) is 6.92 Å². The maximum Gasteiger partial charge on any atom is 0.333 e. The zero-order valence-electron chi connectivity index (χ0n) is 8.54. The van der Waals surface area contributed by atoms with Gasteiger partial charge in [-0.2, -0.15) is 0 Å². The molecule has 14 heavy (non-hydrogen) atoms. The van der Waals surface area contributed by atoms with Crippen LogP contribution in [0.15, 0.2) is 12.2 Å². The molecular formula is C11H16O3. The normalized spacial score (nSPS) is 17.9. The van der Waals surface area contributed by atoms with Gasteiger partial charge in [0.05, 0.1) is 6.61 Å². The van der Waals surface area contributed by atoms with Crippen molar-refractivity contribution in [2.24, 2.45) is 5.92 Å². The molecule has 0 N–H and O–H groups in total. The van der Waals surface area contributed by atoms with Gasteiger partial charge in [0.1, 0.15) is 5.78 Å². The summed E-state index contributed by atoms with van der Waals surface area (Å²) in [6.45, 7) is 5.56. The number of ketones is 1. The van der Waals surface area contributed by atoms with E-state index in [0.29, 0.717) is 36.7 Å². The summed E-state index contributed by atoms with van der Waals surface area (Å²) in [5.41, 5.74) is 0.428. The predicted octanol–water partition coefficient (Wildman–Crippen LogP) is 1.86. The van der Waals surface area contributed by atoms with E-state index in [2.05, 4.69) is 6.58 Å². The number of esters is 1. The summed E-state index contributed by atoms with van der Waals surface area (Å²) in [5, 5.41) is 0. The summed E-state index contributed by atoms with van der Waals surface area (Å²) < 4.78 is 5.03. The van der Waals surface area contributed by atoms with E-state index in [1.165, 1.54) is 0 Å². The van der Waals surface area contributed by atoms with Gasteiger partial charge in [-0.05, 0) is 25.7 Å². The summed E-state index contributed by atoms with van der Waals surface area (Å²) in [6, 6.07) is 0. The maximum absolute atomic E-state index is 11.1. The van der Waals surface area contributed by atoms with E-state index in [1.807, 2.05) is 0 Å². The van der Waals surface area contributed by atoms with E-state index in [9.17, 15) is 9.59 Å². The largest absolute Gasteiger partial charge is 0.462 e. The number of hydrogen-bond donors (Lipinski definition) is 0. The highest BCUT2D eigenvalue weighted by molar-refractivity contribution is 5.86. The first kappa shape index (κ1) is 11.0. The molecule has 1 fully saturated rings. The van der Waals surface area contributed by atoms with Crippen LogP contribution in [0, 0.1) is 5.92 Å². The predicted molar refractivity (Wildman–Crippen MR) is 52.7 cm³/mol. The summed E-state index contributed by atoms with van der Waals surface area (Å²) in [7, 11) is 0. The molecule has 0 atom stereocenters. The van der Waals surface area contributed by atoms with E-state index >= 15 is 0 Å². The molecule has 1 aliphatic carbocycles. The van der Waals surface area contributed by atoms with Crippen LogP contribution in [0.2, 0.25) is 0 Å². The van der Waals surface area contributed by atoms with Crippen molar-refractivity contribution < 1.29 is 14.3 Å². The van der Waals surface area contributed by atoms with Gasteiger partial charge in [0.25, 0.3) is 0 Å². The molecule has 0 aromatic rings. The fourth-order valence-corrected chi connectivity index (χ4v) is 1.48. The van der Waals surface area contributed by atoms with Crippen LogP contribution >= 0.6 is 0 Å². The Balaban J connectivity index is 2.22. The molecule has 0 bridgehead atoms. The van der Waals surface area contributed by atoms with Gasteiger partial charge in [-0.3, -0.25) is 4.79 Å². The summed E-state index contributed by atoms with van der Waals surface area (Å²) >= 11 is 0. The van der Waals surface area contributed by atoms with Crippen molar-refractivity contribution >= 4 is 11.8 Å². The minimum absolute atomic E-state index is 0.326. The fourth-order valence-electron chi connectivity index (χ4n) is 1.48. The van der Waals surface area contributed by atoms with Crippen molar-refractivity contribution in [3.63, 3.8) is 0 Å². The second-order valence-corrected chi connectivity index (χ2v) is 3.86. The first-order chi connectivity index (χ1) is 6.59. The van der Waals surface area contributed by atoms with Crippen LogP contribution in [0.1, 0.15) is 32.6 Å². The highest BCUT2D eigenvalue weighted by Gasteiger charge is 2.19. The lowest BCUT2D eigenvalue weighted by Crippen LogP contribution is -2.20. The summed E-state index contributed by atoms with van der Waals surface area (Å²) in [4.78, 5) is 22.0. The topological polar surface area (TPSA) is 43.4 Å². The van der Waals surface area contributed by atoms with Crippen molar-refractivity contribution in [2.45, 2.75) is 32.6 Å². The average molecular weight is 196 g/mol. The van der Waals surface area contributed by atoms with Crippen LogP contribution in [0.3, 0.4) is 0 Å². The lowest BCUT2D eigenvalue weighted by atomic mass is 9.89. The lowest BCUT2D eigenvalue weighted by Gasteiger charge is -2.20. The number of hydrogen-bond acceptors (Lipinski definition) is 3. The van der Waals surface area contributed by atoms with Gasteiger partial charge >= 0.3 is 5.97 Å². The van der Waals surface area contributed by atoms with Gasteiger partial charge in [0.15, 0.2) is 0 Å². The molecular weight excluding hydrogens is 180 g/mol. The second kappa shape index (κ2) is 4.94. The van der Waals surface area contributed by atoms with Crippen molar-refractivity contribution in [1.82, 2.24) is 0 Å². The molecule has 0 heterocycles. The number of ether oxygens (including phenoxy) is 1. The lowest BCUT2D eigenvalue weighted by molar-refractivity contribution is -0.140. The molecule has 0 amide bonds. The minimum Gasteiger partial charge on any atom is -0.462 e. The zero-order valence-corrected chi connectivity index (χ0v) is 8.54. The van der Waals surface area contributed by atoms with Gasteiger partial charge in [-0.25, -0.2) is 4.79 Å². The Morgan fingerprint density at radius 3 is 2.57 bits per heavy atom. The SMILES string of the molecule is C=C(C)C(=O)OCC1CCC(=O)CC1. The molecule has 0 aromatic heterocycles. The Morgan fingerprint density at radius 1 is 1.50 bits per heavy atom. The number of Topliss-reactive ketones (excluding diaryl/α,β-unsaturated/α-hetero) is 1. The number of carbonyl (C=O) groups is 2. The van der Waals surface area contributed by atoms with Crippen LogP contribution < -0.4 is 0 Å². The molecule has 0 radical (unpaired) electrons. The Hall–Kier alpha value is -1.12. The van der Waals surface area contributed by atoms with Crippen LogP contribution in [0.25, 0.3) is 0 Å². The smallest absolute Gasteiger partial charge is 0.333 e. The Bertz CT molecular complexity index is 245. The van der Waals surface area contributed by atoms with E-state index in [0.717, 1.165) is 12.8 Å². The van der Waals surface area contributed by atoms with E-state index < -0.39 is 0 Å². The molecule has 0 aromatic carbocycles. The maximum atomic E-state index is 11.1. The van der Waals surface area contributed by atoms with Crippen molar-refractivity contribution in [3.8, 4) is 0 Å². The molecule has 78 valence electrons. The first-order valence-corrected chi connectivity index (χ1v) is 4.94. The zero-order chi connectivity index (χ0) is 10.6. The Labute approximate surface area is 84.1 Å². The van der Waals surface area contributed by atoms with Gasteiger partial charge in [-0.15, -0.1) is 0 Å².